The van der Waals surface area contributed by atoms with Crippen LogP contribution < -0.4 is 4.74 Å². The standard InChI is InChI=1S/C14H21NO2/c1-11(15-9-7-12(16)8-10-15)13-5-3-4-6-14(13)17-2/h3-6,11-12,16H,7-10H2,1-2H3. The molecule has 94 valence electrons. The van der Waals surface area contributed by atoms with Gasteiger partial charge < -0.3 is 9.84 Å². The summed E-state index contributed by atoms with van der Waals surface area (Å²) in [6, 6.07) is 8.51. The van der Waals surface area contributed by atoms with Crippen molar-refractivity contribution < 1.29 is 9.84 Å². The SMILES string of the molecule is COc1ccccc1C(C)N1CCC(O)CC1. The lowest BCUT2D eigenvalue weighted by molar-refractivity contribution is 0.0640. The quantitative estimate of drug-likeness (QED) is 0.872. The number of ether oxygens (including phenoxy) is 1. The van der Waals surface area contributed by atoms with Crippen molar-refractivity contribution in [1.29, 1.82) is 0 Å². The highest BCUT2D eigenvalue weighted by atomic mass is 16.5. The number of rotatable bonds is 3. The fourth-order valence-electron chi connectivity index (χ4n) is 2.48. The van der Waals surface area contributed by atoms with E-state index in [1.165, 1.54) is 5.56 Å². The highest BCUT2D eigenvalue weighted by Gasteiger charge is 2.23. The van der Waals surface area contributed by atoms with E-state index in [0.29, 0.717) is 6.04 Å². The molecule has 0 bridgehead atoms. The summed E-state index contributed by atoms with van der Waals surface area (Å²) in [5, 5.41) is 9.53. The van der Waals surface area contributed by atoms with E-state index in [9.17, 15) is 5.11 Å². The van der Waals surface area contributed by atoms with Crippen molar-refractivity contribution in [1.82, 2.24) is 4.90 Å². The fraction of sp³-hybridized carbons (Fsp3) is 0.571. The Bertz CT molecular complexity index is 359. The highest BCUT2D eigenvalue weighted by molar-refractivity contribution is 5.35. The molecule has 1 saturated heterocycles. The van der Waals surface area contributed by atoms with Gasteiger partial charge in [-0.1, -0.05) is 18.2 Å². The van der Waals surface area contributed by atoms with Crippen LogP contribution in [0.4, 0.5) is 0 Å². The summed E-state index contributed by atoms with van der Waals surface area (Å²) >= 11 is 0. The van der Waals surface area contributed by atoms with Gasteiger partial charge in [-0.3, -0.25) is 4.90 Å². The van der Waals surface area contributed by atoms with Gasteiger partial charge >= 0.3 is 0 Å². The first kappa shape index (κ1) is 12.4. The summed E-state index contributed by atoms with van der Waals surface area (Å²) in [6.45, 7) is 4.12. The first-order valence-corrected chi connectivity index (χ1v) is 6.27. The lowest BCUT2D eigenvalue weighted by atomic mass is 10.0. The summed E-state index contributed by atoms with van der Waals surface area (Å²) in [7, 11) is 1.71. The molecule has 0 saturated carbocycles. The van der Waals surface area contributed by atoms with E-state index in [1.807, 2.05) is 18.2 Å². The Hall–Kier alpha value is -1.06. The van der Waals surface area contributed by atoms with Crippen LogP contribution in [0.25, 0.3) is 0 Å². The molecule has 17 heavy (non-hydrogen) atoms. The molecule has 3 nitrogen and oxygen atoms in total. The van der Waals surface area contributed by atoms with E-state index < -0.39 is 0 Å². The van der Waals surface area contributed by atoms with Crippen molar-refractivity contribution in [3.63, 3.8) is 0 Å². The number of hydrogen-bond acceptors (Lipinski definition) is 3. The van der Waals surface area contributed by atoms with Gasteiger partial charge in [-0.2, -0.15) is 0 Å². The normalized spacial score (nSPS) is 20.2. The van der Waals surface area contributed by atoms with Gasteiger partial charge in [0, 0.05) is 24.7 Å². The molecule has 0 spiro atoms. The van der Waals surface area contributed by atoms with Gasteiger partial charge in [-0.15, -0.1) is 0 Å². The summed E-state index contributed by atoms with van der Waals surface area (Å²) < 4.78 is 5.40. The number of nitrogens with zero attached hydrogens (tertiary/aromatic N) is 1. The molecular formula is C14H21NO2. The molecule has 1 unspecified atom stereocenters. The second kappa shape index (κ2) is 5.52. The van der Waals surface area contributed by atoms with Crippen LogP contribution in [0.1, 0.15) is 31.4 Å². The summed E-state index contributed by atoms with van der Waals surface area (Å²) in [5.74, 6) is 0.950. The van der Waals surface area contributed by atoms with Crippen molar-refractivity contribution in [3.05, 3.63) is 29.8 Å². The molecule has 1 aliphatic heterocycles. The van der Waals surface area contributed by atoms with Crippen molar-refractivity contribution in [2.45, 2.75) is 31.9 Å². The summed E-state index contributed by atoms with van der Waals surface area (Å²) in [6.07, 6.45) is 1.63. The third-order valence-electron chi connectivity index (χ3n) is 3.64. The van der Waals surface area contributed by atoms with E-state index in [4.69, 9.17) is 4.74 Å². The molecule has 0 radical (unpaired) electrons. The zero-order valence-electron chi connectivity index (χ0n) is 10.6. The Kier molecular flexibility index (Phi) is 4.02. The predicted molar refractivity (Wildman–Crippen MR) is 68.2 cm³/mol. The third-order valence-corrected chi connectivity index (χ3v) is 3.64. The van der Waals surface area contributed by atoms with Crippen LogP contribution in [0.15, 0.2) is 24.3 Å². The number of likely N-dealkylation sites (tertiary alicyclic amines) is 1. The first-order valence-electron chi connectivity index (χ1n) is 6.27. The number of benzene rings is 1. The van der Waals surface area contributed by atoms with Gasteiger partial charge in [-0.25, -0.2) is 0 Å². The maximum Gasteiger partial charge on any atom is 0.123 e. The molecule has 1 aromatic rings. The number of methoxy groups -OCH3 is 1. The average molecular weight is 235 g/mol. The van der Waals surface area contributed by atoms with Crippen molar-refractivity contribution in [2.24, 2.45) is 0 Å². The van der Waals surface area contributed by atoms with Crippen molar-refractivity contribution in [2.75, 3.05) is 20.2 Å². The topological polar surface area (TPSA) is 32.7 Å². The van der Waals surface area contributed by atoms with Crippen LogP contribution in [-0.2, 0) is 0 Å². The molecule has 1 heterocycles. The Balaban J connectivity index is 2.10. The maximum absolute atomic E-state index is 9.53. The molecule has 3 heteroatoms. The number of hydrogen-bond donors (Lipinski definition) is 1. The highest BCUT2D eigenvalue weighted by Crippen LogP contribution is 2.30. The fourth-order valence-corrected chi connectivity index (χ4v) is 2.48. The molecule has 1 aliphatic rings. The minimum absolute atomic E-state index is 0.115. The molecular weight excluding hydrogens is 214 g/mol. The van der Waals surface area contributed by atoms with Crippen LogP contribution in [0.2, 0.25) is 0 Å². The molecule has 1 N–H and O–H groups in total. The van der Waals surface area contributed by atoms with E-state index in [-0.39, 0.29) is 6.10 Å². The monoisotopic (exact) mass is 235 g/mol. The minimum atomic E-state index is -0.115. The second-order valence-corrected chi connectivity index (χ2v) is 4.69. The number of aliphatic hydroxyl groups is 1. The molecule has 0 amide bonds. The van der Waals surface area contributed by atoms with E-state index >= 15 is 0 Å². The zero-order valence-corrected chi connectivity index (χ0v) is 10.6. The lowest BCUT2D eigenvalue weighted by Crippen LogP contribution is -2.37. The molecule has 2 rings (SSSR count). The molecule has 0 aromatic heterocycles. The van der Waals surface area contributed by atoms with Crippen LogP contribution in [0, 0.1) is 0 Å². The maximum atomic E-state index is 9.53. The third kappa shape index (κ3) is 2.79. The zero-order chi connectivity index (χ0) is 12.3. The largest absolute Gasteiger partial charge is 0.496 e. The lowest BCUT2D eigenvalue weighted by Gasteiger charge is -2.35. The Morgan fingerprint density at radius 2 is 1.94 bits per heavy atom. The summed E-state index contributed by atoms with van der Waals surface area (Å²) in [5.41, 5.74) is 1.23. The van der Waals surface area contributed by atoms with Crippen LogP contribution in [0.3, 0.4) is 0 Å². The smallest absolute Gasteiger partial charge is 0.123 e. The number of piperidine rings is 1. The first-order chi connectivity index (χ1) is 8.22. The Morgan fingerprint density at radius 1 is 1.29 bits per heavy atom. The van der Waals surface area contributed by atoms with E-state index in [2.05, 4.69) is 17.9 Å². The van der Waals surface area contributed by atoms with E-state index in [0.717, 1.165) is 31.7 Å². The van der Waals surface area contributed by atoms with Crippen molar-refractivity contribution >= 4 is 0 Å². The second-order valence-electron chi connectivity index (χ2n) is 4.69. The van der Waals surface area contributed by atoms with E-state index in [1.54, 1.807) is 7.11 Å². The number of aliphatic hydroxyl groups excluding tert-OH is 1. The Morgan fingerprint density at radius 3 is 2.59 bits per heavy atom. The van der Waals surface area contributed by atoms with Gasteiger partial charge in [0.25, 0.3) is 0 Å². The molecule has 1 aromatic carbocycles. The Labute approximate surface area is 103 Å². The van der Waals surface area contributed by atoms with Crippen molar-refractivity contribution in [3.8, 4) is 5.75 Å². The summed E-state index contributed by atoms with van der Waals surface area (Å²) in [4.78, 5) is 2.41. The van der Waals surface area contributed by atoms with Crippen LogP contribution >= 0.6 is 0 Å². The van der Waals surface area contributed by atoms with Crippen LogP contribution in [0.5, 0.6) is 5.75 Å². The predicted octanol–water partition coefficient (Wildman–Crippen LogP) is 2.21. The van der Waals surface area contributed by atoms with Gasteiger partial charge in [0.15, 0.2) is 0 Å². The van der Waals surface area contributed by atoms with Gasteiger partial charge in [0.05, 0.1) is 13.2 Å². The number of para-hydroxylation sites is 1. The van der Waals surface area contributed by atoms with Gasteiger partial charge in [-0.05, 0) is 25.8 Å². The van der Waals surface area contributed by atoms with Gasteiger partial charge in [0.2, 0.25) is 0 Å². The molecule has 1 fully saturated rings. The average Bonchev–Trinajstić information content (AvgIpc) is 2.39. The van der Waals surface area contributed by atoms with Crippen LogP contribution in [-0.4, -0.2) is 36.3 Å². The molecule has 1 atom stereocenters. The molecule has 0 aliphatic carbocycles. The van der Waals surface area contributed by atoms with Gasteiger partial charge in [0.1, 0.15) is 5.75 Å². The minimum Gasteiger partial charge on any atom is -0.496 e.